The van der Waals surface area contributed by atoms with Crippen molar-refractivity contribution in [2.24, 2.45) is 23.5 Å². The molecule has 0 bridgehead atoms. The number of benzene rings is 1. The van der Waals surface area contributed by atoms with Crippen molar-refractivity contribution in [1.82, 2.24) is 0 Å². The molecule has 10 heteroatoms. The van der Waals surface area contributed by atoms with Gasteiger partial charge in [0.25, 0.3) is 0 Å². The number of hydrogen-bond donors (Lipinski definition) is 2. The Kier molecular flexibility index (Phi) is 11.5. The Hall–Kier alpha value is -3.14. The van der Waals surface area contributed by atoms with Crippen LogP contribution in [0.2, 0.25) is 0 Å². The molecule has 10 nitrogen and oxygen atoms in total. The largest absolute Gasteiger partial charge is 0.507 e. The molecule has 0 saturated carbocycles. The zero-order valence-corrected chi connectivity index (χ0v) is 20.5. The minimum atomic E-state index is -1.36. The minimum absolute atomic E-state index is 0.0249. The Labute approximate surface area is 199 Å². The average Bonchev–Trinajstić information content (AvgIpc) is 2.82. The quantitative estimate of drug-likeness (QED) is 0.335. The van der Waals surface area contributed by atoms with Gasteiger partial charge in [-0.2, -0.15) is 0 Å². The van der Waals surface area contributed by atoms with Crippen molar-refractivity contribution in [3.8, 4) is 11.5 Å². The Balaban J connectivity index is 3.44. The number of carbonyl (C=O) groups excluding carboxylic acids is 3. The zero-order chi connectivity index (χ0) is 26.0. The Morgan fingerprint density at radius 2 is 1.47 bits per heavy atom. The molecule has 0 spiro atoms. The maximum atomic E-state index is 12.5. The molecular formula is C24H35NO9. The van der Waals surface area contributed by atoms with Gasteiger partial charge in [-0.25, -0.2) is 4.79 Å². The highest BCUT2D eigenvalue weighted by Gasteiger charge is 2.33. The van der Waals surface area contributed by atoms with Crippen molar-refractivity contribution in [2.75, 3.05) is 13.7 Å². The van der Waals surface area contributed by atoms with Gasteiger partial charge in [0, 0.05) is 5.92 Å². The summed E-state index contributed by atoms with van der Waals surface area (Å²) in [5.74, 6) is -4.43. The Bertz CT molecular complexity index is 870. The van der Waals surface area contributed by atoms with E-state index < -0.39 is 47.9 Å². The van der Waals surface area contributed by atoms with Crippen LogP contribution in [0.3, 0.4) is 0 Å². The van der Waals surface area contributed by atoms with Gasteiger partial charge in [-0.15, -0.1) is 0 Å². The van der Waals surface area contributed by atoms with E-state index in [1.54, 1.807) is 26.8 Å². The molecule has 4 unspecified atom stereocenters. The fourth-order valence-electron chi connectivity index (χ4n) is 3.05. The van der Waals surface area contributed by atoms with Crippen molar-refractivity contribution >= 4 is 24.1 Å². The number of carboxylic acid groups (broad SMARTS) is 1. The number of methoxy groups -OCH3 is 1. The van der Waals surface area contributed by atoms with Gasteiger partial charge < -0.3 is 29.8 Å². The van der Waals surface area contributed by atoms with Gasteiger partial charge in [0.15, 0.2) is 11.5 Å². The van der Waals surface area contributed by atoms with E-state index in [1.165, 1.54) is 12.1 Å². The molecule has 0 saturated heterocycles. The first kappa shape index (κ1) is 28.9. The predicted molar refractivity (Wildman–Crippen MR) is 122 cm³/mol. The standard InChI is InChI=1S/C24H35NO9/c1-7-13(3)22(28)33-17-10-9-16(11-18(17)34-23(29)14(4)8-2)19(20(25)21(26)27)15(5)12-32-24(30)31-6/h9-11,13-15,19-20H,7-8,12,25H2,1-6H3,(H,26,27)/t13?,14?,15?,19?,20-/m0/s1. The first-order valence-corrected chi connectivity index (χ1v) is 11.2. The van der Waals surface area contributed by atoms with E-state index in [9.17, 15) is 24.3 Å². The van der Waals surface area contributed by atoms with Crippen LogP contribution < -0.4 is 15.2 Å². The fraction of sp³-hybridized carbons (Fsp3) is 0.583. The summed E-state index contributed by atoms with van der Waals surface area (Å²) in [6.45, 7) is 8.59. The fourth-order valence-corrected chi connectivity index (χ4v) is 3.05. The van der Waals surface area contributed by atoms with Crippen LogP contribution in [0.5, 0.6) is 11.5 Å². The highest BCUT2D eigenvalue weighted by Crippen LogP contribution is 2.36. The number of rotatable bonds is 12. The molecule has 5 atom stereocenters. The van der Waals surface area contributed by atoms with Crippen molar-refractivity contribution in [3.05, 3.63) is 23.8 Å². The number of esters is 2. The molecule has 190 valence electrons. The first-order valence-electron chi connectivity index (χ1n) is 11.2. The summed E-state index contributed by atoms with van der Waals surface area (Å²) in [6.07, 6.45) is 0.186. The summed E-state index contributed by atoms with van der Waals surface area (Å²) < 4.78 is 20.4. The van der Waals surface area contributed by atoms with E-state index >= 15 is 0 Å². The molecule has 0 aliphatic heterocycles. The molecule has 1 aromatic carbocycles. The minimum Gasteiger partial charge on any atom is -0.480 e. The Morgan fingerprint density at radius 1 is 0.941 bits per heavy atom. The molecule has 0 radical (unpaired) electrons. The lowest BCUT2D eigenvalue weighted by Crippen LogP contribution is -2.40. The van der Waals surface area contributed by atoms with Gasteiger partial charge in [0.05, 0.1) is 25.6 Å². The normalized spacial score (nSPS) is 15.3. The predicted octanol–water partition coefficient (Wildman–Crippen LogP) is 3.50. The van der Waals surface area contributed by atoms with Gasteiger partial charge >= 0.3 is 24.1 Å². The SMILES string of the molecule is CCC(C)C(=O)Oc1ccc(C(C(C)COC(=O)OC)[C@H](N)C(=O)O)cc1OC(=O)C(C)CC. The number of nitrogens with two attached hydrogens (primary N) is 1. The van der Waals surface area contributed by atoms with Crippen LogP contribution in [-0.4, -0.2) is 48.9 Å². The molecule has 34 heavy (non-hydrogen) atoms. The van der Waals surface area contributed by atoms with Crippen LogP contribution >= 0.6 is 0 Å². The molecule has 1 rings (SSSR count). The van der Waals surface area contributed by atoms with Crippen molar-refractivity contribution < 1.29 is 43.2 Å². The van der Waals surface area contributed by atoms with E-state index in [4.69, 9.17) is 19.9 Å². The molecular weight excluding hydrogens is 446 g/mol. The lowest BCUT2D eigenvalue weighted by Gasteiger charge is -2.28. The maximum Gasteiger partial charge on any atom is 0.507 e. The summed E-state index contributed by atoms with van der Waals surface area (Å²) >= 11 is 0. The van der Waals surface area contributed by atoms with Crippen LogP contribution in [-0.2, 0) is 23.9 Å². The van der Waals surface area contributed by atoms with E-state index in [0.29, 0.717) is 18.4 Å². The van der Waals surface area contributed by atoms with Crippen molar-refractivity contribution in [2.45, 2.75) is 59.4 Å². The lowest BCUT2D eigenvalue weighted by molar-refractivity contribution is -0.141. The van der Waals surface area contributed by atoms with E-state index in [2.05, 4.69) is 4.74 Å². The highest BCUT2D eigenvalue weighted by atomic mass is 16.7. The number of carbonyl (C=O) groups is 4. The van der Waals surface area contributed by atoms with Crippen molar-refractivity contribution in [1.29, 1.82) is 0 Å². The van der Waals surface area contributed by atoms with Crippen LogP contribution in [0.15, 0.2) is 18.2 Å². The lowest BCUT2D eigenvalue weighted by atomic mass is 9.82. The van der Waals surface area contributed by atoms with Gasteiger partial charge in [-0.3, -0.25) is 14.4 Å². The molecule has 3 N–H and O–H groups in total. The molecule has 0 aliphatic rings. The van der Waals surface area contributed by atoms with E-state index in [0.717, 1.165) is 7.11 Å². The van der Waals surface area contributed by atoms with Gasteiger partial charge in [0.2, 0.25) is 0 Å². The summed E-state index contributed by atoms with van der Waals surface area (Å²) in [5.41, 5.74) is 6.37. The molecule has 0 aliphatic carbocycles. The summed E-state index contributed by atoms with van der Waals surface area (Å²) in [5, 5.41) is 9.56. The summed E-state index contributed by atoms with van der Waals surface area (Å²) in [4.78, 5) is 47.9. The average molecular weight is 482 g/mol. The van der Waals surface area contributed by atoms with Gasteiger partial charge in [0.1, 0.15) is 6.04 Å². The summed E-state index contributed by atoms with van der Waals surface area (Å²) in [7, 11) is 1.16. The second-order valence-electron chi connectivity index (χ2n) is 8.30. The monoisotopic (exact) mass is 481 g/mol. The van der Waals surface area contributed by atoms with E-state index in [-0.39, 0.29) is 24.0 Å². The first-order chi connectivity index (χ1) is 16.0. The van der Waals surface area contributed by atoms with Gasteiger partial charge in [-0.1, -0.05) is 40.7 Å². The second kappa shape index (κ2) is 13.5. The zero-order valence-electron chi connectivity index (χ0n) is 20.5. The molecule has 0 heterocycles. The Morgan fingerprint density at radius 3 is 1.94 bits per heavy atom. The highest BCUT2D eigenvalue weighted by molar-refractivity contribution is 5.79. The summed E-state index contributed by atoms with van der Waals surface area (Å²) in [6, 6.07) is 3.05. The van der Waals surface area contributed by atoms with Crippen LogP contribution in [0.25, 0.3) is 0 Å². The number of carboxylic acids is 1. The van der Waals surface area contributed by atoms with Gasteiger partial charge in [-0.05, 0) is 36.5 Å². The molecule has 1 aromatic rings. The number of aliphatic carboxylic acids is 1. The van der Waals surface area contributed by atoms with Crippen LogP contribution in [0.4, 0.5) is 4.79 Å². The smallest absolute Gasteiger partial charge is 0.480 e. The van der Waals surface area contributed by atoms with Crippen molar-refractivity contribution in [3.63, 3.8) is 0 Å². The third-order valence-corrected chi connectivity index (χ3v) is 5.72. The number of ether oxygens (including phenoxy) is 4. The topological polar surface area (TPSA) is 151 Å². The van der Waals surface area contributed by atoms with Crippen LogP contribution in [0.1, 0.15) is 58.9 Å². The molecule has 0 fully saturated rings. The molecule has 0 amide bonds. The third kappa shape index (κ3) is 8.02. The number of hydrogen-bond acceptors (Lipinski definition) is 9. The molecule has 0 aromatic heterocycles. The van der Waals surface area contributed by atoms with Crippen LogP contribution in [0, 0.1) is 17.8 Å². The third-order valence-electron chi connectivity index (χ3n) is 5.72. The second-order valence-corrected chi connectivity index (χ2v) is 8.30. The maximum absolute atomic E-state index is 12.5. The van der Waals surface area contributed by atoms with E-state index in [1.807, 2.05) is 13.8 Å².